The third-order valence-electron chi connectivity index (χ3n) is 5.01. The summed E-state index contributed by atoms with van der Waals surface area (Å²) in [5.41, 5.74) is 3.23. The van der Waals surface area contributed by atoms with Crippen LogP contribution in [0.5, 0.6) is 0 Å². The zero-order chi connectivity index (χ0) is 13.6. The molecule has 0 heterocycles. The first kappa shape index (κ1) is 12.4. The number of hydrogen-bond acceptors (Lipinski definition) is 2. The van der Waals surface area contributed by atoms with Crippen molar-refractivity contribution in [1.82, 2.24) is 0 Å². The predicted octanol–water partition coefficient (Wildman–Crippen LogP) is 3.53. The summed E-state index contributed by atoms with van der Waals surface area (Å²) >= 11 is 0. The number of hydrogen-bond donors (Lipinski definition) is 0. The molecule has 98 valence electrons. The number of carbonyl (C=O) groups excluding carboxylic acids is 1. The summed E-state index contributed by atoms with van der Waals surface area (Å²) in [7, 11) is 0. The number of nitriles is 1. The van der Waals surface area contributed by atoms with Gasteiger partial charge in [0.2, 0.25) is 0 Å². The van der Waals surface area contributed by atoms with Crippen LogP contribution in [-0.2, 0) is 4.79 Å². The first-order valence-corrected chi connectivity index (χ1v) is 7.14. The highest BCUT2D eigenvalue weighted by Crippen LogP contribution is 2.59. The van der Waals surface area contributed by atoms with E-state index in [1.807, 2.05) is 32.0 Å². The molecule has 0 spiro atoms. The first-order valence-electron chi connectivity index (χ1n) is 7.14. The number of aryl methyl sites for hydroxylation is 2. The molecular weight excluding hydrogens is 234 g/mol. The van der Waals surface area contributed by atoms with Crippen molar-refractivity contribution in [3.05, 3.63) is 34.9 Å². The highest BCUT2D eigenvalue weighted by Gasteiger charge is 2.57. The third kappa shape index (κ3) is 1.98. The molecule has 1 aromatic carbocycles. The quantitative estimate of drug-likeness (QED) is 0.827. The van der Waals surface area contributed by atoms with Crippen LogP contribution in [0.1, 0.15) is 41.9 Å². The van der Waals surface area contributed by atoms with E-state index in [1.165, 1.54) is 24.8 Å². The van der Waals surface area contributed by atoms with Crippen LogP contribution in [0.2, 0.25) is 0 Å². The monoisotopic (exact) mass is 253 g/mol. The van der Waals surface area contributed by atoms with E-state index in [1.54, 1.807) is 0 Å². The standard InChI is InChI=1S/C17H19NO/c1-10-6-7-12(8-11(10)2)15(9-18)17(19)16-13-4-3-5-14(13)16/h6-8,13-16H,3-5H2,1-2H3. The van der Waals surface area contributed by atoms with Gasteiger partial charge < -0.3 is 0 Å². The third-order valence-corrected chi connectivity index (χ3v) is 5.01. The Balaban J connectivity index is 1.83. The van der Waals surface area contributed by atoms with Crippen molar-refractivity contribution >= 4 is 5.78 Å². The van der Waals surface area contributed by atoms with Gasteiger partial charge in [-0.25, -0.2) is 0 Å². The number of fused-ring (bicyclic) bond motifs is 1. The minimum atomic E-state index is -0.560. The van der Waals surface area contributed by atoms with E-state index in [-0.39, 0.29) is 11.7 Å². The van der Waals surface area contributed by atoms with Crippen molar-refractivity contribution in [3.63, 3.8) is 0 Å². The van der Waals surface area contributed by atoms with Gasteiger partial charge in [0.15, 0.2) is 5.78 Å². The number of ketones is 1. The molecule has 3 rings (SSSR count). The van der Waals surface area contributed by atoms with Gasteiger partial charge in [0, 0.05) is 5.92 Å². The molecule has 0 bridgehead atoms. The SMILES string of the molecule is Cc1ccc(C(C#N)C(=O)C2C3CCCC32)cc1C. The highest BCUT2D eigenvalue weighted by atomic mass is 16.1. The molecule has 2 saturated carbocycles. The van der Waals surface area contributed by atoms with Crippen molar-refractivity contribution in [2.24, 2.45) is 17.8 Å². The Morgan fingerprint density at radius 1 is 1.26 bits per heavy atom. The second-order valence-corrected chi connectivity index (χ2v) is 6.09. The molecule has 2 nitrogen and oxygen atoms in total. The maximum absolute atomic E-state index is 12.5. The van der Waals surface area contributed by atoms with E-state index in [2.05, 4.69) is 6.07 Å². The molecule has 2 aliphatic carbocycles. The van der Waals surface area contributed by atoms with Crippen LogP contribution >= 0.6 is 0 Å². The Hall–Kier alpha value is -1.62. The van der Waals surface area contributed by atoms with E-state index in [0.717, 1.165) is 11.1 Å². The van der Waals surface area contributed by atoms with Gasteiger partial charge in [0.05, 0.1) is 6.07 Å². The molecule has 0 aromatic heterocycles. The largest absolute Gasteiger partial charge is 0.298 e. The average Bonchev–Trinajstić information content (AvgIpc) is 2.88. The summed E-state index contributed by atoms with van der Waals surface area (Å²) in [4.78, 5) is 12.5. The summed E-state index contributed by atoms with van der Waals surface area (Å²) in [6.45, 7) is 4.08. The lowest BCUT2D eigenvalue weighted by Gasteiger charge is -2.11. The minimum Gasteiger partial charge on any atom is -0.298 e. The second-order valence-electron chi connectivity index (χ2n) is 6.09. The molecule has 3 atom stereocenters. The molecule has 0 radical (unpaired) electrons. The van der Waals surface area contributed by atoms with E-state index in [0.29, 0.717) is 11.8 Å². The predicted molar refractivity (Wildman–Crippen MR) is 73.6 cm³/mol. The first-order chi connectivity index (χ1) is 9.13. The highest BCUT2D eigenvalue weighted by molar-refractivity contribution is 5.93. The molecule has 2 fully saturated rings. The fraction of sp³-hybridized carbons (Fsp3) is 0.529. The van der Waals surface area contributed by atoms with E-state index < -0.39 is 5.92 Å². The van der Waals surface area contributed by atoms with Crippen molar-refractivity contribution in [3.8, 4) is 6.07 Å². The van der Waals surface area contributed by atoms with Gasteiger partial charge >= 0.3 is 0 Å². The van der Waals surface area contributed by atoms with Gasteiger partial charge in [0.1, 0.15) is 5.92 Å². The molecule has 0 amide bonds. The van der Waals surface area contributed by atoms with E-state index in [9.17, 15) is 10.1 Å². The fourth-order valence-electron chi connectivity index (χ4n) is 3.68. The summed E-state index contributed by atoms with van der Waals surface area (Å²) in [5, 5.41) is 9.38. The number of carbonyl (C=O) groups is 1. The van der Waals surface area contributed by atoms with Crippen LogP contribution in [0.4, 0.5) is 0 Å². The average molecular weight is 253 g/mol. The maximum Gasteiger partial charge on any atom is 0.158 e. The van der Waals surface area contributed by atoms with E-state index in [4.69, 9.17) is 0 Å². The lowest BCUT2D eigenvalue weighted by Crippen LogP contribution is -2.15. The lowest BCUT2D eigenvalue weighted by atomic mass is 9.89. The van der Waals surface area contributed by atoms with Gasteiger partial charge in [-0.15, -0.1) is 0 Å². The number of rotatable bonds is 3. The number of nitrogens with zero attached hydrogens (tertiary/aromatic N) is 1. The van der Waals surface area contributed by atoms with Crippen LogP contribution in [0.15, 0.2) is 18.2 Å². The zero-order valence-corrected chi connectivity index (χ0v) is 11.5. The molecule has 0 aliphatic heterocycles. The molecule has 1 aromatic rings. The maximum atomic E-state index is 12.5. The Bertz CT molecular complexity index is 559. The number of Topliss-reactive ketones (excluding diaryl/α,β-unsaturated/α-hetero) is 1. The van der Waals surface area contributed by atoms with Crippen LogP contribution in [0.25, 0.3) is 0 Å². The lowest BCUT2D eigenvalue weighted by molar-refractivity contribution is -0.121. The van der Waals surface area contributed by atoms with Gasteiger partial charge in [-0.2, -0.15) is 5.26 Å². The van der Waals surface area contributed by atoms with Gasteiger partial charge in [-0.05, 0) is 55.2 Å². The minimum absolute atomic E-state index is 0.167. The fourth-order valence-corrected chi connectivity index (χ4v) is 3.68. The Labute approximate surface area is 114 Å². The van der Waals surface area contributed by atoms with Crippen LogP contribution < -0.4 is 0 Å². The van der Waals surface area contributed by atoms with Crippen LogP contribution in [-0.4, -0.2) is 5.78 Å². The molecular formula is C17H19NO. The van der Waals surface area contributed by atoms with Crippen molar-refractivity contribution < 1.29 is 4.79 Å². The van der Waals surface area contributed by atoms with Crippen molar-refractivity contribution in [2.45, 2.75) is 39.0 Å². The van der Waals surface area contributed by atoms with Crippen molar-refractivity contribution in [1.29, 1.82) is 5.26 Å². The molecule has 2 aliphatic rings. The topological polar surface area (TPSA) is 40.9 Å². The molecule has 0 saturated heterocycles. The summed E-state index contributed by atoms with van der Waals surface area (Å²) in [5.74, 6) is 0.972. The molecule has 19 heavy (non-hydrogen) atoms. The molecule has 0 N–H and O–H groups in total. The number of benzene rings is 1. The van der Waals surface area contributed by atoms with Crippen LogP contribution in [0.3, 0.4) is 0 Å². The zero-order valence-electron chi connectivity index (χ0n) is 11.5. The summed E-state index contributed by atoms with van der Waals surface area (Å²) in [6, 6.07) is 8.17. The van der Waals surface area contributed by atoms with Crippen LogP contribution in [0, 0.1) is 42.9 Å². The molecule has 2 heteroatoms. The summed E-state index contributed by atoms with van der Waals surface area (Å²) in [6.07, 6.45) is 3.64. The van der Waals surface area contributed by atoms with Gasteiger partial charge in [-0.1, -0.05) is 24.6 Å². The van der Waals surface area contributed by atoms with Gasteiger partial charge in [-0.3, -0.25) is 4.79 Å². The Morgan fingerprint density at radius 2 is 1.95 bits per heavy atom. The molecule has 3 unspecified atom stereocenters. The smallest absolute Gasteiger partial charge is 0.158 e. The van der Waals surface area contributed by atoms with Crippen molar-refractivity contribution in [2.75, 3.05) is 0 Å². The Morgan fingerprint density at radius 3 is 2.53 bits per heavy atom. The summed E-state index contributed by atoms with van der Waals surface area (Å²) < 4.78 is 0. The van der Waals surface area contributed by atoms with Gasteiger partial charge in [0.25, 0.3) is 0 Å². The normalized spacial score (nSPS) is 29.4. The van der Waals surface area contributed by atoms with E-state index >= 15 is 0 Å². The Kier molecular flexibility index (Phi) is 2.93. The second kappa shape index (κ2) is 4.49.